The number of hydrogen-bond acceptors (Lipinski definition) is 5. The van der Waals surface area contributed by atoms with Gasteiger partial charge in [-0.1, -0.05) is 24.3 Å². The standard InChI is InChI=1S/C18H15N3O2S2/c1-2-10-3-5-12-15(7-10)25-18(20-12)21-17(23)11-4-6-14-13(8-11)19-16(22)9-24-14/h3-8H,2,9H2,1H3,(H,19,22)(H,20,21,23). The summed E-state index contributed by atoms with van der Waals surface area (Å²) in [4.78, 5) is 29.5. The van der Waals surface area contributed by atoms with Gasteiger partial charge in [-0.2, -0.15) is 0 Å². The predicted octanol–water partition coefficient (Wildman–Crippen LogP) is 4.16. The van der Waals surface area contributed by atoms with Crippen molar-refractivity contribution < 1.29 is 9.59 Å². The van der Waals surface area contributed by atoms with Gasteiger partial charge < -0.3 is 5.32 Å². The second-order valence-corrected chi connectivity index (χ2v) is 7.72. The zero-order chi connectivity index (χ0) is 17.4. The third-order valence-corrected chi connectivity index (χ3v) is 5.96. The molecule has 1 aromatic heterocycles. The van der Waals surface area contributed by atoms with E-state index in [0.717, 1.165) is 21.5 Å². The summed E-state index contributed by atoms with van der Waals surface area (Å²) < 4.78 is 1.06. The maximum absolute atomic E-state index is 12.5. The molecule has 25 heavy (non-hydrogen) atoms. The van der Waals surface area contributed by atoms with Crippen LogP contribution in [0.3, 0.4) is 0 Å². The number of fused-ring (bicyclic) bond motifs is 2. The lowest BCUT2D eigenvalue weighted by atomic mass is 10.2. The summed E-state index contributed by atoms with van der Waals surface area (Å²) in [5.41, 5.74) is 3.31. The monoisotopic (exact) mass is 369 g/mol. The number of aryl methyl sites for hydroxylation is 1. The van der Waals surface area contributed by atoms with Crippen LogP contribution in [0.1, 0.15) is 22.8 Å². The van der Waals surface area contributed by atoms with Crippen molar-refractivity contribution in [1.82, 2.24) is 4.98 Å². The van der Waals surface area contributed by atoms with Crippen LogP contribution in [-0.2, 0) is 11.2 Å². The zero-order valence-electron chi connectivity index (χ0n) is 13.5. The Morgan fingerprint density at radius 3 is 3.00 bits per heavy atom. The van der Waals surface area contributed by atoms with E-state index in [2.05, 4.69) is 34.7 Å². The minimum Gasteiger partial charge on any atom is -0.324 e. The van der Waals surface area contributed by atoms with Crippen LogP contribution in [0.2, 0.25) is 0 Å². The third kappa shape index (κ3) is 3.25. The van der Waals surface area contributed by atoms with Crippen molar-refractivity contribution in [2.24, 2.45) is 0 Å². The molecule has 0 unspecified atom stereocenters. The number of carbonyl (C=O) groups excluding carboxylic acids is 2. The lowest BCUT2D eigenvalue weighted by Gasteiger charge is -2.16. The Morgan fingerprint density at radius 2 is 2.16 bits per heavy atom. The number of nitrogens with zero attached hydrogens (tertiary/aromatic N) is 1. The van der Waals surface area contributed by atoms with Crippen LogP contribution in [-0.4, -0.2) is 22.6 Å². The molecule has 2 aromatic carbocycles. The topological polar surface area (TPSA) is 71.1 Å². The quantitative estimate of drug-likeness (QED) is 0.727. The van der Waals surface area contributed by atoms with Crippen LogP contribution in [0, 0.1) is 0 Å². The number of carbonyl (C=O) groups is 2. The lowest BCUT2D eigenvalue weighted by Crippen LogP contribution is -2.19. The van der Waals surface area contributed by atoms with Crippen molar-refractivity contribution in [1.29, 1.82) is 0 Å². The zero-order valence-corrected chi connectivity index (χ0v) is 15.1. The van der Waals surface area contributed by atoms with Gasteiger partial charge >= 0.3 is 0 Å². The van der Waals surface area contributed by atoms with Gasteiger partial charge in [-0.05, 0) is 42.3 Å². The minimum atomic E-state index is -0.234. The molecule has 1 aliphatic heterocycles. The number of anilines is 2. The molecule has 5 nitrogen and oxygen atoms in total. The van der Waals surface area contributed by atoms with Crippen molar-refractivity contribution in [2.75, 3.05) is 16.4 Å². The molecule has 2 amide bonds. The summed E-state index contributed by atoms with van der Waals surface area (Å²) >= 11 is 2.94. The van der Waals surface area contributed by atoms with Crippen LogP contribution in [0.25, 0.3) is 10.2 Å². The van der Waals surface area contributed by atoms with Gasteiger partial charge in [-0.3, -0.25) is 14.9 Å². The van der Waals surface area contributed by atoms with Crippen molar-refractivity contribution in [3.63, 3.8) is 0 Å². The van der Waals surface area contributed by atoms with Crippen LogP contribution >= 0.6 is 23.1 Å². The van der Waals surface area contributed by atoms with Crippen molar-refractivity contribution >= 4 is 55.9 Å². The number of thiazole rings is 1. The molecule has 4 rings (SSSR count). The van der Waals surface area contributed by atoms with Gasteiger partial charge in [0.1, 0.15) is 0 Å². The fourth-order valence-electron chi connectivity index (χ4n) is 2.64. The van der Waals surface area contributed by atoms with E-state index in [9.17, 15) is 9.59 Å². The highest BCUT2D eigenvalue weighted by Crippen LogP contribution is 2.32. The third-order valence-electron chi connectivity index (χ3n) is 3.96. The van der Waals surface area contributed by atoms with Crippen LogP contribution in [0.15, 0.2) is 41.3 Å². The molecule has 0 aliphatic carbocycles. The molecule has 126 valence electrons. The highest BCUT2D eigenvalue weighted by atomic mass is 32.2. The highest BCUT2D eigenvalue weighted by Gasteiger charge is 2.18. The fourth-order valence-corrected chi connectivity index (χ4v) is 4.35. The molecule has 0 radical (unpaired) electrons. The maximum atomic E-state index is 12.5. The first-order chi connectivity index (χ1) is 12.1. The second-order valence-electron chi connectivity index (χ2n) is 5.68. The van der Waals surface area contributed by atoms with E-state index >= 15 is 0 Å². The number of benzene rings is 2. The smallest absolute Gasteiger partial charge is 0.257 e. The SMILES string of the molecule is CCc1ccc2nc(NC(=O)c3ccc4c(c3)NC(=O)CS4)sc2c1. The van der Waals surface area contributed by atoms with E-state index in [0.29, 0.717) is 22.1 Å². The summed E-state index contributed by atoms with van der Waals surface area (Å²) in [5, 5.41) is 6.23. The van der Waals surface area contributed by atoms with Gasteiger partial charge in [-0.15, -0.1) is 11.8 Å². The molecule has 0 fully saturated rings. The van der Waals surface area contributed by atoms with Gasteiger partial charge in [0.05, 0.1) is 21.7 Å². The Hall–Kier alpha value is -2.38. The Kier molecular flexibility index (Phi) is 4.19. The highest BCUT2D eigenvalue weighted by molar-refractivity contribution is 8.00. The van der Waals surface area contributed by atoms with Gasteiger partial charge in [-0.25, -0.2) is 4.98 Å². The van der Waals surface area contributed by atoms with E-state index in [1.807, 2.05) is 12.1 Å². The second kappa shape index (κ2) is 6.50. The largest absolute Gasteiger partial charge is 0.324 e. The molecule has 3 aromatic rings. The summed E-state index contributed by atoms with van der Waals surface area (Å²) in [6.45, 7) is 2.11. The molecule has 0 bridgehead atoms. The minimum absolute atomic E-state index is 0.0482. The molecule has 0 saturated carbocycles. The number of hydrogen-bond donors (Lipinski definition) is 2. The Morgan fingerprint density at radius 1 is 1.28 bits per heavy atom. The van der Waals surface area contributed by atoms with Gasteiger partial charge in [0.15, 0.2) is 5.13 Å². The molecule has 1 aliphatic rings. The molecule has 0 saturated heterocycles. The van der Waals surface area contributed by atoms with Gasteiger partial charge in [0, 0.05) is 10.5 Å². The van der Waals surface area contributed by atoms with Crippen molar-refractivity contribution in [2.45, 2.75) is 18.2 Å². The Bertz CT molecular complexity index is 997. The van der Waals surface area contributed by atoms with E-state index in [1.165, 1.54) is 28.7 Å². The molecule has 2 heterocycles. The first kappa shape index (κ1) is 16.1. The van der Waals surface area contributed by atoms with E-state index in [1.54, 1.807) is 12.1 Å². The van der Waals surface area contributed by atoms with Crippen LogP contribution in [0.5, 0.6) is 0 Å². The normalized spacial score (nSPS) is 13.4. The molecular formula is C18H15N3O2S2. The van der Waals surface area contributed by atoms with E-state index < -0.39 is 0 Å². The van der Waals surface area contributed by atoms with Crippen LogP contribution in [0.4, 0.5) is 10.8 Å². The molecular weight excluding hydrogens is 354 g/mol. The van der Waals surface area contributed by atoms with E-state index in [4.69, 9.17) is 0 Å². The molecule has 0 spiro atoms. The summed E-state index contributed by atoms with van der Waals surface area (Å²) in [6.07, 6.45) is 0.967. The van der Waals surface area contributed by atoms with E-state index in [-0.39, 0.29) is 11.8 Å². The Labute approximate surface area is 152 Å². The number of thioether (sulfide) groups is 1. The fraction of sp³-hybridized carbons (Fsp3) is 0.167. The number of nitrogens with one attached hydrogen (secondary N) is 2. The molecule has 0 atom stereocenters. The number of rotatable bonds is 3. The van der Waals surface area contributed by atoms with Gasteiger partial charge in [0.2, 0.25) is 5.91 Å². The van der Waals surface area contributed by atoms with Crippen molar-refractivity contribution in [3.05, 3.63) is 47.5 Å². The molecule has 2 N–H and O–H groups in total. The number of aromatic nitrogens is 1. The summed E-state index contributed by atoms with van der Waals surface area (Å²) in [7, 11) is 0. The average Bonchev–Trinajstić information content (AvgIpc) is 3.02. The number of amides is 2. The summed E-state index contributed by atoms with van der Waals surface area (Å²) in [5.74, 6) is 0.125. The van der Waals surface area contributed by atoms with Crippen LogP contribution < -0.4 is 10.6 Å². The van der Waals surface area contributed by atoms with Crippen molar-refractivity contribution in [3.8, 4) is 0 Å². The predicted molar refractivity (Wildman–Crippen MR) is 103 cm³/mol. The summed E-state index contributed by atoms with van der Waals surface area (Å²) in [6, 6.07) is 11.5. The first-order valence-electron chi connectivity index (χ1n) is 7.90. The average molecular weight is 369 g/mol. The van der Waals surface area contributed by atoms with Gasteiger partial charge in [0.25, 0.3) is 5.91 Å². The molecule has 7 heteroatoms. The Balaban J connectivity index is 1.57. The lowest BCUT2D eigenvalue weighted by molar-refractivity contribution is -0.113. The first-order valence-corrected chi connectivity index (χ1v) is 9.70. The maximum Gasteiger partial charge on any atom is 0.257 e.